The number of rotatable bonds is 4. The van der Waals surface area contributed by atoms with Crippen LogP contribution < -0.4 is 0 Å². The molecule has 21 heavy (non-hydrogen) atoms. The molecule has 2 bridgehead atoms. The summed E-state index contributed by atoms with van der Waals surface area (Å²) in [7, 11) is 0. The molecule has 7 heteroatoms. The van der Waals surface area contributed by atoms with Crippen molar-refractivity contribution in [2.45, 2.75) is 56.4 Å². The molecule has 1 heterocycles. The minimum absolute atomic E-state index is 0.144. The van der Waals surface area contributed by atoms with Crippen LogP contribution in [0.15, 0.2) is 0 Å². The zero-order chi connectivity index (χ0) is 15.2. The fourth-order valence-corrected chi connectivity index (χ4v) is 3.80. The predicted molar refractivity (Wildman–Crippen MR) is 69.1 cm³/mol. The van der Waals surface area contributed by atoms with Crippen LogP contribution in [0.1, 0.15) is 25.7 Å². The normalized spacial score (nSPS) is 49.8. The maximum atomic E-state index is 12.0. The number of ether oxygens (including phenoxy) is 2. The lowest BCUT2D eigenvalue weighted by atomic mass is 9.84. The zero-order valence-corrected chi connectivity index (χ0v) is 11.7. The minimum atomic E-state index is -1.45. The first-order valence-corrected chi connectivity index (χ1v) is 7.42. The molecule has 0 aromatic rings. The second kappa shape index (κ2) is 5.57. The van der Waals surface area contributed by atoms with Crippen LogP contribution in [0.4, 0.5) is 0 Å². The van der Waals surface area contributed by atoms with E-state index >= 15 is 0 Å². The lowest BCUT2D eigenvalue weighted by Gasteiger charge is -2.40. The van der Waals surface area contributed by atoms with E-state index in [-0.39, 0.29) is 12.4 Å². The second-order valence-corrected chi connectivity index (χ2v) is 6.52. The first-order valence-electron chi connectivity index (χ1n) is 7.42. The summed E-state index contributed by atoms with van der Waals surface area (Å²) in [5.41, 5.74) is -0.483. The summed E-state index contributed by atoms with van der Waals surface area (Å²) in [5.74, 6) is 0.638. The monoisotopic (exact) mass is 302 g/mol. The Morgan fingerprint density at radius 3 is 2.57 bits per heavy atom. The van der Waals surface area contributed by atoms with Crippen LogP contribution in [0, 0.1) is 11.3 Å². The molecule has 2 unspecified atom stereocenters. The summed E-state index contributed by atoms with van der Waals surface area (Å²) < 4.78 is 10.8. The van der Waals surface area contributed by atoms with Gasteiger partial charge in [-0.05, 0) is 25.2 Å². The van der Waals surface area contributed by atoms with E-state index in [0.717, 1.165) is 19.3 Å². The number of hydrogen-bond acceptors (Lipinski definition) is 7. The van der Waals surface area contributed by atoms with Gasteiger partial charge in [0.1, 0.15) is 30.2 Å². The van der Waals surface area contributed by atoms with Crippen molar-refractivity contribution >= 4 is 5.78 Å². The molecule has 3 rings (SSSR count). The Hall–Kier alpha value is -0.570. The standard InChI is InChI=1S/C14H22O7/c15-5-8-10(17)11(18)12(19)13(21-8)20-6-14-2-1-7(4-14)3-9(14)16/h7-8,10-13,15,17-19H,1-6H2/t7?,8-,10-,11+,12-,13-,14?/m1/s1. The van der Waals surface area contributed by atoms with Crippen molar-refractivity contribution in [3.05, 3.63) is 0 Å². The highest BCUT2D eigenvalue weighted by molar-refractivity contribution is 5.88. The van der Waals surface area contributed by atoms with Crippen molar-refractivity contribution in [3.63, 3.8) is 0 Å². The van der Waals surface area contributed by atoms with Gasteiger partial charge in [0.05, 0.1) is 18.6 Å². The molecule has 1 aliphatic heterocycles. The van der Waals surface area contributed by atoms with Crippen LogP contribution in [0.25, 0.3) is 0 Å². The third kappa shape index (κ3) is 2.52. The lowest BCUT2D eigenvalue weighted by molar-refractivity contribution is -0.305. The van der Waals surface area contributed by atoms with E-state index in [9.17, 15) is 20.1 Å². The molecule has 120 valence electrons. The maximum absolute atomic E-state index is 12.0. The summed E-state index contributed by atoms with van der Waals surface area (Å²) in [6.45, 7) is -0.345. The molecule has 7 nitrogen and oxygen atoms in total. The van der Waals surface area contributed by atoms with Gasteiger partial charge in [0.15, 0.2) is 6.29 Å². The summed E-state index contributed by atoms with van der Waals surface area (Å²) in [6.07, 6.45) is -3.18. The number of hydrogen-bond donors (Lipinski definition) is 4. The average molecular weight is 302 g/mol. The van der Waals surface area contributed by atoms with E-state index in [2.05, 4.69) is 0 Å². The Bertz CT molecular complexity index is 412. The van der Waals surface area contributed by atoms with Crippen LogP contribution in [0.3, 0.4) is 0 Å². The Labute approximate surface area is 122 Å². The predicted octanol–water partition coefficient (Wildman–Crippen LogP) is -1.44. The van der Waals surface area contributed by atoms with Crippen molar-refractivity contribution in [1.29, 1.82) is 0 Å². The quantitative estimate of drug-likeness (QED) is 0.502. The van der Waals surface area contributed by atoms with E-state index in [1.165, 1.54) is 0 Å². The number of aliphatic hydroxyl groups is 4. The number of carbonyl (C=O) groups is 1. The molecule has 0 aromatic carbocycles. The topological polar surface area (TPSA) is 116 Å². The number of carbonyl (C=O) groups excluding carboxylic acids is 1. The van der Waals surface area contributed by atoms with Gasteiger partial charge >= 0.3 is 0 Å². The van der Waals surface area contributed by atoms with Crippen molar-refractivity contribution in [1.82, 2.24) is 0 Å². The van der Waals surface area contributed by atoms with Crippen molar-refractivity contribution in [3.8, 4) is 0 Å². The number of ketones is 1. The van der Waals surface area contributed by atoms with E-state index in [1.54, 1.807) is 0 Å². The average Bonchev–Trinajstić information content (AvgIpc) is 3.01. The molecule has 4 N–H and O–H groups in total. The zero-order valence-electron chi connectivity index (χ0n) is 11.7. The van der Waals surface area contributed by atoms with E-state index in [4.69, 9.17) is 14.6 Å². The van der Waals surface area contributed by atoms with Gasteiger partial charge in [-0.1, -0.05) is 0 Å². The summed E-state index contributed by atoms with van der Waals surface area (Å²) in [5, 5.41) is 38.4. The van der Waals surface area contributed by atoms with Crippen molar-refractivity contribution in [2.75, 3.05) is 13.2 Å². The summed E-state index contributed by atoms with van der Waals surface area (Å²) in [6, 6.07) is 0. The van der Waals surface area contributed by atoms with Crippen LogP contribution >= 0.6 is 0 Å². The molecule has 2 aliphatic carbocycles. The molecule has 0 amide bonds. The van der Waals surface area contributed by atoms with Crippen LogP contribution in [-0.2, 0) is 14.3 Å². The van der Waals surface area contributed by atoms with Gasteiger partial charge in [0.25, 0.3) is 0 Å². The molecular weight excluding hydrogens is 280 g/mol. The number of fused-ring (bicyclic) bond motifs is 2. The Morgan fingerprint density at radius 2 is 2.00 bits per heavy atom. The van der Waals surface area contributed by atoms with Gasteiger partial charge in [0.2, 0.25) is 0 Å². The Kier molecular flexibility index (Phi) is 4.06. The van der Waals surface area contributed by atoms with Gasteiger partial charge in [-0.25, -0.2) is 0 Å². The fourth-order valence-electron chi connectivity index (χ4n) is 3.80. The smallest absolute Gasteiger partial charge is 0.186 e. The highest BCUT2D eigenvalue weighted by Crippen LogP contribution is 2.52. The first-order chi connectivity index (χ1) is 9.97. The van der Waals surface area contributed by atoms with Gasteiger partial charge in [-0.15, -0.1) is 0 Å². The van der Waals surface area contributed by atoms with Crippen LogP contribution in [0.2, 0.25) is 0 Å². The third-order valence-corrected chi connectivity index (χ3v) is 5.15. The van der Waals surface area contributed by atoms with Gasteiger partial charge in [0, 0.05) is 6.42 Å². The van der Waals surface area contributed by atoms with Gasteiger partial charge in [-0.3, -0.25) is 4.79 Å². The van der Waals surface area contributed by atoms with Crippen LogP contribution in [0.5, 0.6) is 0 Å². The highest BCUT2D eigenvalue weighted by Gasteiger charge is 2.53. The summed E-state index contributed by atoms with van der Waals surface area (Å²) in [4.78, 5) is 12.0. The van der Waals surface area contributed by atoms with E-state index in [1.807, 2.05) is 0 Å². The SMILES string of the molecule is O=C1CC2CCC1(CO[C@@H]1O[C@H](CO)[C@@H](O)[C@H](O)[C@H]1O)C2. The van der Waals surface area contributed by atoms with Crippen LogP contribution in [-0.4, -0.2) is 70.1 Å². The number of Topliss-reactive ketones (excluding diaryl/α,β-unsaturated/α-hetero) is 1. The molecule has 0 radical (unpaired) electrons. The lowest BCUT2D eigenvalue weighted by Crippen LogP contribution is -2.59. The Morgan fingerprint density at radius 1 is 1.24 bits per heavy atom. The largest absolute Gasteiger partial charge is 0.394 e. The molecule has 3 aliphatic rings. The molecule has 1 saturated heterocycles. The number of aliphatic hydroxyl groups excluding tert-OH is 4. The fraction of sp³-hybridized carbons (Fsp3) is 0.929. The van der Waals surface area contributed by atoms with Crippen molar-refractivity contribution < 1.29 is 34.7 Å². The maximum Gasteiger partial charge on any atom is 0.186 e. The van der Waals surface area contributed by atoms with Gasteiger partial charge in [-0.2, -0.15) is 0 Å². The minimum Gasteiger partial charge on any atom is -0.394 e. The second-order valence-electron chi connectivity index (χ2n) is 6.52. The molecule has 3 fully saturated rings. The molecule has 7 atom stereocenters. The molecule has 2 saturated carbocycles. The summed E-state index contributed by atoms with van der Waals surface area (Å²) >= 11 is 0. The van der Waals surface area contributed by atoms with E-state index in [0.29, 0.717) is 12.3 Å². The molecular formula is C14H22O7. The third-order valence-electron chi connectivity index (χ3n) is 5.15. The van der Waals surface area contributed by atoms with Gasteiger partial charge < -0.3 is 29.9 Å². The first kappa shape index (κ1) is 15.3. The van der Waals surface area contributed by atoms with E-state index < -0.39 is 42.7 Å². The molecule has 0 spiro atoms. The highest BCUT2D eigenvalue weighted by atomic mass is 16.7. The van der Waals surface area contributed by atoms with Crippen molar-refractivity contribution in [2.24, 2.45) is 11.3 Å². The Balaban J connectivity index is 1.63. The molecule has 0 aromatic heterocycles.